The molecule has 0 aliphatic carbocycles. The molecule has 6 heterocycles. The van der Waals surface area contributed by atoms with Gasteiger partial charge in [-0.3, -0.25) is 19.6 Å². The summed E-state index contributed by atoms with van der Waals surface area (Å²) in [6.45, 7) is 8.70. The monoisotopic (exact) mass is 716 g/mol. The molecule has 1 amide bonds. The van der Waals surface area contributed by atoms with Crippen LogP contribution < -0.4 is 22.2 Å². The highest BCUT2D eigenvalue weighted by molar-refractivity contribution is 7.22. The van der Waals surface area contributed by atoms with Gasteiger partial charge in [0, 0.05) is 33.3 Å². The Balaban J connectivity index is 0.000000221. The fraction of sp³-hybridized carbons (Fsp3) is 0.258. The number of fused-ring (bicyclic) bond motifs is 2. The van der Waals surface area contributed by atoms with Crippen LogP contribution in [0.25, 0.3) is 41.3 Å². The minimum absolute atomic E-state index is 0. The molecule has 0 saturated heterocycles. The molecule has 6 aromatic heterocycles. The number of aromatic nitrogens is 6. The Hall–Kier alpha value is -4.64. The van der Waals surface area contributed by atoms with Crippen molar-refractivity contribution in [3.63, 3.8) is 0 Å². The van der Waals surface area contributed by atoms with E-state index >= 15 is 0 Å². The standard InChI is InChI=1S/C18H19FN4O3S.C13H11FN4OS.ClH/c1-9(21-17(25)26-18(2,3)4)15-22-12-7-13(27-14(12)16(24)23-15)10-5-6-20-8-11(10)19;1-6(15)12-17-9-4-10(20-11(9)13(19)18-12)7-2-3-16-5-8(7)14;/h5-9H,1-4H3,(H,21,25)(H,22,23,24);2-6H,15H2,1H3,(H,17,18,19);1H/t9-;6-;/m00./s1. The van der Waals surface area contributed by atoms with E-state index in [1.165, 1.54) is 23.7 Å². The molecule has 6 rings (SSSR count). The van der Waals surface area contributed by atoms with Crippen LogP contribution in [-0.2, 0) is 4.74 Å². The van der Waals surface area contributed by atoms with Gasteiger partial charge in [0.15, 0.2) is 0 Å². The Morgan fingerprint density at radius 2 is 1.33 bits per heavy atom. The summed E-state index contributed by atoms with van der Waals surface area (Å²) in [5, 5.41) is 2.63. The van der Waals surface area contributed by atoms with Gasteiger partial charge in [-0.25, -0.2) is 23.5 Å². The van der Waals surface area contributed by atoms with E-state index in [1.54, 1.807) is 58.9 Å². The van der Waals surface area contributed by atoms with E-state index in [0.717, 1.165) is 23.7 Å². The molecular weight excluding hydrogens is 686 g/mol. The lowest BCUT2D eigenvalue weighted by Gasteiger charge is -2.21. The van der Waals surface area contributed by atoms with Gasteiger partial charge in [0.05, 0.1) is 35.5 Å². The normalized spacial score (nSPS) is 12.5. The summed E-state index contributed by atoms with van der Waals surface area (Å²) in [6, 6.07) is 5.52. The van der Waals surface area contributed by atoms with Gasteiger partial charge in [0.2, 0.25) is 0 Å². The Kier molecular flexibility index (Phi) is 11.0. The third-order valence-electron chi connectivity index (χ3n) is 6.45. The number of thiophene rings is 2. The number of H-pyrrole nitrogens is 2. The maximum absolute atomic E-state index is 14.0. The molecule has 0 bridgehead atoms. The molecule has 0 unspecified atom stereocenters. The molecule has 252 valence electrons. The van der Waals surface area contributed by atoms with Gasteiger partial charge in [-0.05, 0) is 58.9 Å². The lowest BCUT2D eigenvalue weighted by Crippen LogP contribution is -2.35. The number of nitrogens with zero attached hydrogens (tertiary/aromatic N) is 4. The van der Waals surface area contributed by atoms with Crippen molar-refractivity contribution >= 4 is 61.6 Å². The minimum atomic E-state index is -0.633. The predicted octanol–water partition coefficient (Wildman–Crippen LogP) is 6.40. The van der Waals surface area contributed by atoms with E-state index in [-0.39, 0.29) is 35.4 Å². The van der Waals surface area contributed by atoms with Gasteiger partial charge in [0.25, 0.3) is 11.1 Å². The minimum Gasteiger partial charge on any atom is -0.444 e. The van der Waals surface area contributed by atoms with Gasteiger partial charge in [-0.15, -0.1) is 35.1 Å². The first-order valence-electron chi connectivity index (χ1n) is 14.2. The summed E-state index contributed by atoms with van der Waals surface area (Å²) >= 11 is 2.34. The Labute approximate surface area is 286 Å². The first kappa shape index (κ1) is 36.2. The molecular formula is C31H31ClF2N8O4S2. The van der Waals surface area contributed by atoms with E-state index in [0.29, 0.717) is 47.1 Å². The largest absolute Gasteiger partial charge is 0.444 e. The molecule has 2 atom stereocenters. The van der Waals surface area contributed by atoms with Crippen LogP contribution in [0.3, 0.4) is 0 Å². The van der Waals surface area contributed by atoms with E-state index < -0.39 is 29.4 Å². The highest BCUT2D eigenvalue weighted by atomic mass is 35.5. The van der Waals surface area contributed by atoms with Crippen LogP contribution in [0.15, 0.2) is 58.6 Å². The number of pyridine rings is 2. The molecule has 0 saturated carbocycles. The van der Waals surface area contributed by atoms with Crippen molar-refractivity contribution in [3.05, 3.63) is 93.0 Å². The summed E-state index contributed by atoms with van der Waals surface area (Å²) < 4.78 is 33.7. The lowest BCUT2D eigenvalue weighted by molar-refractivity contribution is 0.0505. The zero-order valence-corrected chi connectivity index (χ0v) is 28.7. The number of hydrogen-bond donors (Lipinski definition) is 4. The third-order valence-corrected chi connectivity index (χ3v) is 8.77. The topological polar surface area (TPSA) is 182 Å². The molecule has 6 aromatic rings. The Morgan fingerprint density at radius 1 is 0.875 bits per heavy atom. The van der Waals surface area contributed by atoms with Crippen LogP contribution in [0.2, 0.25) is 0 Å². The number of carbonyl (C=O) groups is 1. The van der Waals surface area contributed by atoms with E-state index in [9.17, 15) is 23.2 Å². The van der Waals surface area contributed by atoms with Gasteiger partial charge in [0.1, 0.15) is 38.3 Å². The zero-order chi connectivity index (χ0) is 34.0. The molecule has 0 radical (unpaired) electrons. The first-order chi connectivity index (χ1) is 22.2. The van der Waals surface area contributed by atoms with Crippen molar-refractivity contribution in [2.75, 3.05) is 0 Å². The molecule has 0 aromatic carbocycles. The van der Waals surface area contributed by atoms with Gasteiger partial charge in [-0.1, -0.05) is 0 Å². The lowest BCUT2D eigenvalue weighted by atomic mass is 10.2. The summed E-state index contributed by atoms with van der Waals surface area (Å²) in [7, 11) is 0. The van der Waals surface area contributed by atoms with Gasteiger partial charge in [-0.2, -0.15) is 0 Å². The van der Waals surface area contributed by atoms with Gasteiger partial charge < -0.3 is 25.8 Å². The first-order valence-corrected chi connectivity index (χ1v) is 15.9. The number of carbonyl (C=O) groups excluding carboxylic acids is 1. The van der Waals surface area contributed by atoms with Crippen molar-refractivity contribution < 1.29 is 18.3 Å². The number of halogens is 3. The van der Waals surface area contributed by atoms with Crippen molar-refractivity contribution in [3.8, 4) is 20.9 Å². The average Bonchev–Trinajstić information content (AvgIpc) is 3.62. The second-order valence-electron chi connectivity index (χ2n) is 11.4. The fourth-order valence-electron chi connectivity index (χ4n) is 4.30. The van der Waals surface area contributed by atoms with Crippen LogP contribution in [0.1, 0.15) is 58.4 Å². The number of hydrogen-bond acceptors (Lipinski definition) is 11. The van der Waals surface area contributed by atoms with Crippen molar-refractivity contribution in [2.45, 2.75) is 52.3 Å². The summed E-state index contributed by atoms with van der Waals surface area (Å²) in [4.78, 5) is 59.0. The number of rotatable bonds is 5. The molecule has 48 heavy (non-hydrogen) atoms. The number of nitrogens with one attached hydrogen (secondary N) is 3. The number of alkyl carbamates (subject to hydrolysis) is 1. The van der Waals surface area contributed by atoms with Crippen molar-refractivity contribution in [1.29, 1.82) is 0 Å². The highest BCUT2D eigenvalue weighted by Gasteiger charge is 2.21. The summed E-state index contributed by atoms with van der Waals surface area (Å²) in [5.74, 6) is -0.191. The molecule has 12 nitrogen and oxygen atoms in total. The number of nitrogens with two attached hydrogens (primary N) is 1. The molecule has 0 fully saturated rings. The maximum atomic E-state index is 14.0. The molecule has 0 spiro atoms. The smallest absolute Gasteiger partial charge is 0.408 e. The van der Waals surface area contributed by atoms with Crippen molar-refractivity contribution in [1.82, 2.24) is 35.2 Å². The Bertz CT molecular complexity index is 2210. The third kappa shape index (κ3) is 8.25. The number of aromatic amines is 2. The quantitative estimate of drug-likeness (QED) is 0.157. The predicted molar refractivity (Wildman–Crippen MR) is 184 cm³/mol. The Morgan fingerprint density at radius 3 is 1.77 bits per heavy atom. The summed E-state index contributed by atoms with van der Waals surface area (Å²) in [6.07, 6.45) is 4.65. The van der Waals surface area contributed by atoms with Crippen LogP contribution in [0, 0.1) is 11.6 Å². The van der Waals surface area contributed by atoms with Crippen LogP contribution in [-0.4, -0.2) is 41.6 Å². The van der Waals surface area contributed by atoms with E-state index in [4.69, 9.17) is 10.5 Å². The van der Waals surface area contributed by atoms with Crippen LogP contribution in [0.5, 0.6) is 0 Å². The van der Waals surface area contributed by atoms with Crippen LogP contribution >= 0.6 is 35.1 Å². The van der Waals surface area contributed by atoms with E-state index in [1.807, 2.05) is 0 Å². The highest BCUT2D eigenvalue weighted by Crippen LogP contribution is 2.33. The number of amides is 1. The zero-order valence-electron chi connectivity index (χ0n) is 26.3. The average molecular weight is 717 g/mol. The fourth-order valence-corrected chi connectivity index (χ4v) is 6.34. The molecule has 5 N–H and O–H groups in total. The molecule has 17 heteroatoms. The number of ether oxygens (including phenoxy) is 1. The second-order valence-corrected chi connectivity index (χ2v) is 13.5. The molecule has 0 aliphatic rings. The van der Waals surface area contributed by atoms with Crippen molar-refractivity contribution in [2.24, 2.45) is 5.73 Å². The molecule has 0 aliphatic heterocycles. The van der Waals surface area contributed by atoms with E-state index in [2.05, 4.69) is 35.2 Å². The van der Waals surface area contributed by atoms with Gasteiger partial charge >= 0.3 is 6.09 Å². The summed E-state index contributed by atoms with van der Waals surface area (Å²) in [5.41, 5.74) is 6.20. The van der Waals surface area contributed by atoms with Crippen LogP contribution in [0.4, 0.5) is 13.6 Å². The SMILES string of the molecule is C[C@H](N)c1nc2cc(-c3ccncc3F)sc2c(=O)[nH]1.C[C@H](NC(=O)OC(C)(C)C)c1nc2cc(-c3ccncc3F)sc2c(=O)[nH]1.Cl. The maximum Gasteiger partial charge on any atom is 0.408 e. The second kappa shape index (κ2) is 14.6.